The number of amides is 2. The molecule has 0 unspecified atom stereocenters. The predicted octanol–water partition coefficient (Wildman–Crippen LogP) is 5.39. The van der Waals surface area contributed by atoms with Crippen LogP contribution < -0.4 is 15.4 Å². The van der Waals surface area contributed by atoms with Gasteiger partial charge >= 0.3 is 6.18 Å². The summed E-state index contributed by atoms with van der Waals surface area (Å²) in [5.74, 6) is -0.151. The number of rotatable bonds is 6. The quantitative estimate of drug-likeness (QED) is 0.383. The summed E-state index contributed by atoms with van der Waals surface area (Å²) in [4.78, 5) is 28.6. The van der Waals surface area contributed by atoms with E-state index in [0.717, 1.165) is 12.1 Å². The van der Waals surface area contributed by atoms with Crippen LogP contribution in [0.4, 0.5) is 24.7 Å². The third-order valence-corrected chi connectivity index (χ3v) is 4.84. The number of carbonyl (C=O) groups is 2. The number of hydrogen-bond donors (Lipinski definition) is 2. The van der Waals surface area contributed by atoms with Gasteiger partial charge in [0.2, 0.25) is 11.8 Å². The van der Waals surface area contributed by atoms with Gasteiger partial charge in [-0.25, -0.2) is 9.50 Å². The molecule has 0 atom stereocenters. The summed E-state index contributed by atoms with van der Waals surface area (Å²) in [6.07, 6.45) is -3.00. The van der Waals surface area contributed by atoms with Crippen molar-refractivity contribution in [2.45, 2.75) is 20.0 Å². The maximum absolute atomic E-state index is 12.9. The van der Waals surface area contributed by atoms with E-state index in [0.29, 0.717) is 22.9 Å². The van der Waals surface area contributed by atoms with Gasteiger partial charge in [-0.05, 0) is 36.4 Å². The van der Waals surface area contributed by atoms with Crippen LogP contribution in [-0.2, 0) is 11.0 Å². The molecule has 0 aliphatic rings. The maximum Gasteiger partial charge on any atom is 0.416 e. The summed E-state index contributed by atoms with van der Waals surface area (Å²) in [6, 6.07) is 13.8. The summed E-state index contributed by atoms with van der Waals surface area (Å²) in [6.45, 7) is 3.54. The zero-order valence-corrected chi connectivity index (χ0v) is 18.6. The monoisotopic (exact) mass is 483 g/mol. The fourth-order valence-corrected chi connectivity index (χ4v) is 3.05. The number of nitrogens with zero attached hydrogens (tertiary/aromatic N) is 3. The minimum Gasteiger partial charge on any atom is -0.438 e. The first-order valence-corrected chi connectivity index (χ1v) is 10.5. The first-order chi connectivity index (χ1) is 16.6. The lowest BCUT2D eigenvalue weighted by Gasteiger charge is -2.10. The molecule has 35 heavy (non-hydrogen) atoms. The number of benzene rings is 2. The molecule has 0 aliphatic heterocycles. The number of alkyl halides is 3. The Kier molecular flexibility index (Phi) is 6.41. The van der Waals surface area contributed by atoms with Crippen molar-refractivity contribution in [3.8, 4) is 11.6 Å². The minimum atomic E-state index is -4.55. The van der Waals surface area contributed by atoms with Crippen LogP contribution in [0.2, 0.25) is 0 Å². The van der Waals surface area contributed by atoms with Crippen LogP contribution in [0.3, 0.4) is 0 Å². The molecular formula is C24H20F3N5O3. The molecule has 0 saturated carbocycles. The molecule has 0 aliphatic carbocycles. The van der Waals surface area contributed by atoms with E-state index in [2.05, 4.69) is 20.7 Å². The van der Waals surface area contributed by atoms with Gasteiger partial charge in [-0.2, -0.15) is 13.2 Å². The molecule has 4 rings (SSSR count). The fraction of sp³-hybridized carbons (Fsp3) is 0.167. The lowest BCUT2D eigenvalue weighted by atomic mass is 10.1. The highest BCUT2D eigenvalue weighted by molar-refractivity contribution is 6.04. The Balaban J connectivity index is 1.47. The van der Waals surface area contributed by atoms with Crippen molar-refractivity contribution < 1.29 is 27.5 Å². The van der Waals surface area contributed by atoms with E-state index in [-0.39, 0.29) is 23.3 Å². The largest absolute Gasteiger partial charge is 0.438 e. The van der Waals surface area contributed by atoms with Gasteiger partial charge in [-0.3, -0.25) is 9.59 Å². The van der Waals surface area contributed by atoms with Crippen molar-refractivity contribution in [3.63, 3.8) is 0 Å². The number of imidazole rings is 1. The number of hydrogen-bond acceptors (Lipinski definition) is 5. The second-order valence-electron chi connectivity index (χ2n) is 7.91. The van der Waals surface area contributed by atoms with Crippen LogP contribution in [0.1, 0.15) is 29.8 Å². The van der Waals surface area contributed by atoms with Crippen molar-refractivity contribution in [2.75, 3.05) is 10.6 Å². The Morgan fingerprint density at radius 1 is 1.00 bits per heavy atom. The van der Waals surface area contributed by atoms with Gasteiger partial charge in [0, 0.05) is 29.3 Å². The molecule has 2 amide bonds. The smallest absolute Gasteiger partial charge is 0.416 e. The van der Waals surface area contributed by atoms with Crippen molar-refractivity contribution in [2.24, 2.45) is 5.92 Å². The van der Waals surface area contributed by atoms with Crippen LogP contribution >= 0.6 is 0 Å². The average Bonchev–Trinajstić information content (AvgIpc) is 3.20. The standard InChI is InChI=1S/C24H20F3N5O3/c1-14(2)22(33)30-19-13-32-20(29-19)9-10-21(31-32)35-18-8-4-7-17(12-18)28-23(34)15-5-3-6-16(11-15)24(25,26)27/h3-14H,1-2H3,(H,28,34)(H,30,33). The number of ether oxygens (including phenoxy) is 1. The molecule has 0 saturated heterocycles. The Hall–Kier alpha value is -4.41. The van der Waals surface area contributed by atoms with Crippen molar-refractivity contribution in [3.05, 3.63) is 78.0 Å². The second-order valence-corrected chi connectivity index (χ2v) is 7.91. The highest BCUT2D eigenvalue weighted by atomic mass is 19.4. The molecule has 4 aromatic rings. The van der Waals surface area contributed by atoms with E-state index < -0.39 is 17.6 Å². The molecule has 2 aromatic carbocycles. The SMILES string of the molecule is CC(C)C(=O)Nc1cn2nc(Oc3cccc(NC(=O)c4cccc(C(F)(F)F)c4)c3)ccc2n1. The van der Waals surface area contributed by atoms with E-state index >= 15 is 0 Å². The van der Waals surface area contributed by atoms with Gasteiger partial charge < -0.3 is 15.4 Å². The lowest BCUT2D eigenvalue weighted by molar-refractivity contribution is -0.137. The fourth-order valence-electron chi connectivity index (χ4n) is 3.05. The van der Waals surface area contributed by atoms with Crippen LogP contribution in [-0.4, -0.2) is 26.4 Å². The molecule has 0 spiro atoms. The van der Waals surface area contributed by atoms with Gasteiger partial charge in [-0.1, -0.05) is 26.0 Å². The van der Waals surface area contributed by atoms with Gasteiger partial charge in [-0.15, -0.1) is 5.10 Å². The highest BCUT2D eigenvalue weighted by Gasteiger charge is 2.30. The summed E-state index contributed by atoms with van der Waals surface area (Å²) < 4.78 is 46.0. The lowest BCUT2D eigenvalue weighted by Crippen LogP contribution is -2.17. The highest BCUT2D eigenvalue weighted by Crippen LogP contribution is 2.30. The number of nitrogens with one attached hydrogen (secondary N) is 2. The second kappa shape index (κ2) is 9.45. The molecule has 2 heterocycles. The summed E-state index contributed by atoms with van der Waals surface area (Å²) in [5, 5.41) is 9.56. The van der Waals surface area contributed by atoms with E-state index in [4.69, 9.17) is 4.74 Å². The van der Waals surface area contributed by atoms with Crippen molar-refractivity contribution in [1.29, 1.82) is 0 Å². The number of anilines is 2. The van der Waals surface area contributed by atoms with Crippen LogP contribution in [0, 0.1) is 5.92 Å². The zero-order valence-electron chi connectivity index (χ0n) is 18.6. The molecule has 180 valence electrons. The summed E-state index contributed by atoms with van der Waals surface area (Å²) >= 11 is 0. The Labute approximate surface area is 197 Å². The number of fused-ring (bicyclic) bond motifs is 1. The third kappa shape index (κ3) is 5.75. The Morgan fingerprint density at radius 3 is 2.51 bits per heavy atom. The van der Waals surface area contributed by atoms with E-state index in [1.54, 1.807) is 50.4 Å². The van der Waals surface area contributed by atoms with E-state index in [1.807, 2.05) is 0 Å². The van der Waals surface area contributed by atoms with Crippen molar-refractivity contribution in [1.82, 2.24) is 14.6 Å². The summed E-state index contributed by atoms with van der Waals surface area (Å²) in [7, 11) is 0. The first kappa shape index (κ1) is 23.7. The molecule has 0 fully saturated rings. The normalized spacial score (nSPS) is 11.5. The minimum absolute atomic E-state index is 0.126. The molecule has 2 N–H and O–H groups in total. The van der Waals surface area contributed by atoms with E-state index in [1.165, 1.54) is 22.7 Å². The maximum atomic E-state index is 12.9. The molecule has 0 bridgehead atoms. The van der Waals surface area contributed by atoms with Gasteiger partial charge in [0.15, 0.2) is 11.5 Å². The topological polar surface area (TPSA) is 97.6 Å². The molecule has 8 nitrogen and oxygen atoms in total. The van der Waals surface area contributed by atoms with Crippen LogP contribution in [0.15, 0.2) is 66.9 Å². The van der Waals surface area contributed by atoms with Gasteiger partial charge in [0.05, 0.1) is 11.8 Å². The average molecular weight is 483 g/mol. The zero-order chi connectivity index (χ0) is 25.2. The Bertz CT molecular complexity index is 1400. The number of aromatic nitrogens is 3. The molecule has 11 heteroatoms. The molecule has 2 aromatic heterocycles. The van der Waals surface area contributed by atoms with Crippen LogP contribution in [0.25, 0.3) is 5.65 Å². The molecular weight excluding hydrogens is 463 g/mol. The van der Waals surface area contributed by atoms with Crippen molar-refractivity contribution >= 4 is 29.0 Å². The number of halogens is 3. The first-order valence-electron chi connectivity index (χ1n) is 10.5. The Morgan fingerprint density at radius 2 is 1.77 bits per heavy atom. The van der Waals surface area contributed by atoms with E-state index in [9.17, 15) is 22.8 Å². The number of carbonyl (C=O) groups excluding carboxylic acids is 2. The molecule has 0 radical (unpaired) electrons. The van der Waals surface area contributed by atoms with Crippen LogP contribution in [0.5, 0.6) is 11.6 Å². The summed E-state index contributed by atoms with van der Waals surface area (Å²) in [5.41, 5.74) is -0.209. The van der Waals surface area contributed by atoms with Gasteiger partial charge in [0.1, 0.15) is 5.75 Å². The van der Waals surface area contributed by atoms with Gasteiger partial charge in [0.25, 0.3) is 5.91 Å². The predicted molar refractivity (Wildman–Crippen MR) is 122 cm³/mol. The third-order valence-electron chi connectivity index (χ3n) is 4.84.